The molecule has 0 aromatic heterocycles. The first-order valence-electron chi connectivity index (χ1n) is 6.15. The summed E-state index contributed by atoms with van der Waals surface area (Å²) in [6.45, 7) is 4.49. The van der Waals surface area contributed by atoms with Gasteiger partial charge in [0.25, 0.3) is 0 Å². The van der Waals surface area contributed by atoms with Gasteiger partial charge in [-0.15, -0.1) is 0 Å². The fourth-order valence-electron chi connectivity index (χ4n) is 2.08. The molecule has 1 aromatic rings. The van der Waals surface area contributed by atoms with Crippen LogP contribution in [0.25, 0.3) is 0 Å². The van der Waals surface area contributed by atoms with E-state index in [-0.39, 0.29) is 5.82 Å². The van der Waals surface area contributed by atoms with Crippen LogP contribution in [0.3, 0.4) is 0 Å². The first-order chi connectivity index (χ1) is 7.65. The van der Waals surface area contributed by atoms with E-state index in [1.54, 1.807) is 12.1 Å². The smallest absolute Gasteiger partial charge is 0.123 e. The van der Waals surface area contributed by atoms with Gasteiger partial charge in [-0.3, -0.25) is 0 Å². The van der Waals surface area contributed by atoms with Crippen LogP contribution in [0.1, 0.15) is 32.3 Å². The molecule has 0 heterocycles. The van der Waals surface area contributed by atoms with Crippen LogP contribution in [0.2, 0.25) is 0 Å². The van der Waals surface area contributed by atoms with Crippen LogP contribution in [0.5, 0.6) is 0 Å². The average molecular weight is 221 g/mol. The number of rotatable bonds is 5. The largest absolute Gasteiger partial charge is 0.311 e. The summed E-state index contributed by atoms with van der Waals surface area (Å²) in [6, 6.07) is 8.16. The van der Waals surface area contributed by atoms with Crippen molar-refractivity contribution in [2.75, 3.05) is 0 Å². The lowest BCUT2D eigenvalue weighted by atomic mass is 10.1. The maximum atomic E-state index is 12.9. The Balaban J connectivity index is 1.74. The van der Waals surface area contributed by atoms with Gasteiger partial charge in [-0.2, -0.15) is 0 Å². The Labute approximate surface area is 97.1 Å². The Morgan fingerprint density at radius 3 is 2.88 bits per heavy atom. The standard InChI is InChI=1S/C14H20FN/c1-10-8-14(10)16-11(2)6-7-12-4-3-5-13(15)9-12/h3-5,9-11,14,16H,6-8H2,1-2H3. The summed E-state index contributed by atoms with van der Waals surface area (Å²) in [5, 5.41) is 3.59. The van der Waals surface area contributed by atoms with Crippen molar-refractivity contribution in [3.05, 3.63) is 35.6 Å². The van der Waals surface area contributed by atoms with Crippen LogP contribution < -0.4 is 5.32 Å². The Kier molecular flexibility index (Phi) is 3.59. The molecule has 88 valence electrons. The van der Waals surface area contributed by atoms with Gasteiger partial charge in [0.1, 0.15) is 5.82 Å². The minimum Gasteiger partial charge on any atom is -0.311 e. The molecule has 1 aromatic carbocycles. The Bertz CT molecular complexity index is 350. The molecule has 1 aliphatic rings. The lowest BCUT2D eigenvalue weighted by molar-refractivity contribution is 0.498. The van der Waals surface area contributed by atoms with E-state index in [0.717, 1.165) is 30.4 Å². The Hall–Kier alpha value is -0.890. The summed E-state index contributed by atoms with van der Waals surface area (Å²) in [5.74, 6) is 0.713. The molecule has 0 radical (unpaired) electrons. The van der Waals surface area contributed by atoms with Gasteiger partial charge in [-0.05, 0) is 49.8 Å². The third-order valence-electron chi connectivity index (χ3n) is 3.36. The van der Waals surface area contributed by atoms with Crippen molar-refractivity contribution >= 4 is 0 Å². The van der Waals surface area contributed by atoms with Crippen molar-refractivity contribution < 1.29 is 4.39 Å². The predicted octanol–water partition coefficient (Wildman–Crippen LogP) is 3.14. The minimum atomic E-state index is -0.131. The van der Waals surface area contributed by atoms with Crippen molar-refractivity contribution in [2.45, 2.75) is 45.2 Å². The highest BCUT2D eigenvalue weighted by molar-refractivity contribution is 5.16. The maximum absolute atomic E-state index is 12.9. The van der Waals surface area contributed by atoms with Gasteiger partial charge in [0.2, 0.25) is 0 Å². The summed E-state index contributed by atoms with van der Waals surface area (Å²) >= 11 is 0. The van der Waals surface area contributed by atoms with Crippen molar-refractivity contribution in [3.63, 3.8) is 0 Å². The molecule has 1 fully saturated rings. The summed E-state index contributed by atoms with van der Waals surface area (Å²) < 4.78 is 12.9. The number of aryl methyl sites for hydroxylation is 1. The number of hydrogen-bond acceptors (Lipinski definition) is 1. The highest BCUT2D eigenvalue weighted by Gasteiger charge is 2.32. The van der Waals surface area contributed by atoms with Gasteiger partial charge >= 0.3 is 0 Å². The lowest BCUT2D eigenvalue weighted by Gasteiger charge is -2.13. The van der Waals surface area contributed by atoms with Gasteiger partial charge in [0.05, 0.1) is 0 Å². The van der Waals surface area contributed by atoms with E-state index >= 15 is 0 Å². The first-order valence-corrected chi connectivity index (χ1v) is 6.15. The van der Waals surface area contributed by atoms with Crippen molar-refractivity contribution in [2.24, 2.45) is 5.92 Å². The van der Waals surface area contributed by atoms with Crippen LogP contribution in [-0.4, -0.2) is 12.1 Å². The van der Waals surface area contributed by atoms with Crippen LogP contribution in [0, 0.1) is 11.7 Å². The molecule has 0 bridgehead atoms. The van der Waals surface area contributed by atoms with Gasteiger partial charge in [-0.1, -0.05) is 19.1 Å². The van der Waals surface area contributed by atoms with E-state index in [4.69, 9.17) is 0 Å². The maximum Gasteiger partial charge on any atom is 0.123 e. The zero-order valence-corrected chi connectivity index (χ0v) is 10.0. The van der Waals surface area contributed by atoms with E-state index in [2.05, 4.69) is 19.2 Å². The quantitative estimate of drug-likeness (QED) is 0.805. The van der Waals surface area contributed by atoms with E-state index in [9.17, 15) is 4.39 Å². The van der Waals surface area contributed by atoms with E-state index in [0.29, 0.717) is 6.04 Å². The zero-order valence-electron chi connectivity index (χ0n) is 10.0. The highest BCUT2D eigenvalue weighted by Crippen LogP contribution is 2.29. The average Bonchev–Trinajstić information content (AvgIpc) is 2.91. The summed E-state index contributed by atoms with van der Waals surface area (Å²) in [6.07, 6.45) is 3.34. The second kappa shape index (κ2) is 4.96. The molecular weight excluding hydrogens is 201 g/mol. The van der Waals surface area contributed by atoms with Crippen molar-refractivity contribution in [3.8, 4) is 0 Å². The fraction of sp³-hybridized carbons (Fsp3) is 0.571. The van der Waals surface area contributed by atoms with Gasteiger partial charge in [-0.25, -0.2) is 4.39 Å². The molecule has 16 heavy (non-hydrogen) atoms. The minimum absolute atomic E-state index is 0.131. The van der Waals surface area contributed by atoms with Crippen molar-refractivity contribution in [1.29, 1.82) is 0 Å². The molecule has 3 atom stereocenters. The molecule has 0 spiro atoms. The van der Waals surface area contributed by atoms with Gasteiger partial charge in [0.15, 0.2) is 0 Å². The number of benzene rings is 1. The van der Waals surface area contributed by atoms with Gasteiger partial charge in [0, 0.05) is 12.1 Å². The fourth-order valence-corrected chi connectivity index (χ4v) is 2.08. The third-order valence-corrected chi connectivity index (χ3v) is 3.36. The second-order valence-electron chi connectivity index (χ2n) is 5.06. The molecule has 1 N–H and O–H groups in total. The lowest BCUT2D eigenvalue weighted by Crippen LogP contribution is -2.29. The predicted molar refractivity (Wildman–Crippen MR) is 64.9 cm³/mol. The number of nitrogens with one attached hydrogen (secondary N) is 1. The normalized spacial score (nSPS) is 25.4. The molecule has 1 saturated carbocycles. The third kappa shape index (κ3) is 3.31. The van der Waals surface area contributed by atoms with E-state index < -0.39 is 0 Å². The second-order valence-corrected chi connectivity index (χ2v) is 5.06. The molecule has 0 amide bonds. The molecule has 1 aliphatic carbocycles. The first kappa shape index (κ1) is 11.6. The molecule has 2 rings (SSSR count). The van der Waals surface area contributed by atoms with Crippen LogP contribution in [0.15, 0.2) is 24.3 Å². The molecular formula is C14H20FN. The summed E-state index contributed by atoms with van der Waals surface area (Å²) in [4.78, 5) is 0. The molecule has 2 heteroatoms. The highest BCUT2D eigenvalue weighted by atomic mass is 19.1. The molecule has 1 nitrogen and oxygen atoms in total. The van der Waals surface area contributed by atoms with Crippen LogP contribution in [0.4, 0.5) is 4.39 Å². The summed E-state index contributed by atoms with van der Waals surface area (Å²) in [5.41, 5.74) is 1.09. The molecule has 0 saturated heterocycles. The van der Waals surface area contributed by atoms with E-state index in [1.807, 2.05) is 6.07 Å². The Morgan fingerprint density at radius 1 is 1.50 bits per heavy atom. The SMILES string of the molecule is CC(CCc1cccc(F)c1)NC1CC1C. The summed E-state index contributed by atoms with van der Waals surface area (Å²) in [7, 11) is 0. The zero-order chi connectivity index (χ0) is 11.5. The van der Waals surface area contributed by atoms with Crippen molar-refractivity contribution in [1.82, 2.24) is 5.32 Å². The molecule has 3 unspecified atom stereocenters. The number of hydrogen-bond donors (Lipinski definition) is 1. The Morgan fingerprint density at radius 2 is 2.25 bits per heavy atom. The monoisotopic (exact) mass is 221 g/mol. The van der Waals surface area contributed by atoms with Gasteiger partial charge < -0.3 is 5.32 Å². The van der Waals surface area contributed by atoms with Crippen LogP contribution >= 0.6 is 0 Å². The molecule has 0 aliphatic heterocycles. The number of halogens is 1. The van der Waals surface area contributed by atoms with E-state index in [1.165, 1.54) is 12.5 Å². The topological polar surface area (TPSA) is 12.0 Å². The van der Waals surface area contributed by atoms with Crippen LogP contribution in [-0.2, 0) is 6.42 Å².